The zero-order chi connectivity index (χ0) is 19.4. The van der Waals surface area contributed by atoms with Crippen LogP contribution in [-0.4, -0.2) is 36.9 Å². The van der Waals surface area contributed by atoms with Crippen LogP contribution in [0, 0.1) is 0 Å². The molecule has 0 aromatic heterocycles. The number of anilines is 1. The van der Waals surface area contributed by atoms with Crippen LogP contribution in [0.1, 0.15) is 29.8 Å². The normalized spacial score (nSPS) is 15.2. The molecule has 0 saturated carbocycles. The first kappa shape index (κ1) is 18.6. The van der Waals surface area contributed by atoms with Gasteiger partial charge in [0.05, 0.1) is 0 Å². The van der Waals surface area contributed by atoms with Gasteiger partial charge in [0.25, 0.3) is 5.91 Å². The third-order valence-corrected chi connectivity index (χ3v) is 4.45. The second-order valence-electron chi connectivity index (χ2n) is 6.48. The van der Waals surface area contributed by atoms with Crippen molar-refractivity contribution in [3.8, 4) is 5.75 Å². The first-order chi connectivity index (χ1) is 13.0. The number of amides is 1. The van der Waals surface area contributed by atoms with Gasteiger partial charge in [-0.25, -0.2) is 4.79 Å². The maximum absolute atomic E-state index is 12.5. The number of benzene rings is 2. The Hall–Kier alpha value is -3.15. The van der Waals surface area contributed by atoms with Crippen LogP contribution < -0.4 is 9.64 Å². The fourth-order valence-corrected chi connectivity index (χ4v) is 3.13. The Morgan fingerprint density at radius 2 is 1.74 bits per heavy atom. The Morgan fingerprint density at radius 3 is 2.44 bits per heavy atom. The molecule has 140 valence electrons. The molecular weight excluding hydrogens is 346 g/mol. The molecule has 1 atom stereocenters. The Bertz CT molecular complexity index is 859. The lowest BCUT2D eigenvalue weighted by Gasteiger charge is -2.22. The molecule has 0 bridgehead atoms. The molecule has 0 radical (unpaired) electrons. The lowest BCUT2D eigenvalue weighted by molar-refractivity contribution is -0.149. The number of esters is 1. The molecule has 0 N–H and O–H groups in total. The summed E-state index contributed by atoms with van der Waals surface area (Å²) in [7, 11) is 0. The maximum atomic E-state index is 12.5. The van der Waals surface area contributed by atoms with E-state index >= 15 is 0 Å². The van der Waals surface area contributed by atoms with Gasteiger partial charge in [-0.15, -0.1) is 0 Å². The van der Waals surface area contributed by atoms with E-state index in [1.165, 1.54) is 6.92 Å². The summed E-state index contributed by atoms with van der Waals surface area (Å²) in [5, 5.41) is 0. The molecule has 27 heavy (non-hydrogen) atoms. The fraction of sp³-hybridized carbons (Fsp3) is 0.286. The van der Waals surface area contributed by atoms with Crippen molar-refractivity contribution < 1.29 is 23.9 Å². The van der Waals surface area contributed by atoms with Crippen LogP contribution in [-0.2, 0) is 20.7 Å². The first-order valence-electron chi connectivity index (χ1n) is 8.75. The SMILES string of the molecule is CC(=O)c1ccc(OCC(=O)OCC(=O)N2c3ccccc3C[C@H]2C)cc1. The van der Waals surface area contributed by atoms with Gasteiger partial charge in [-0.3, -0.25) is 9.59 Å². The zero-order valence-corrected chi connectivity index (χ0v) is 15.3. The number of carbonyl (C=O) groups excluding carboxylic acids is 3. The fourth-order valence-electron chi connectivity index (χ4n) is 3.13. The van der Waals surface area contributed by atoms with Crippen LogP contribution in [0.5, 0.6) is 5.75 Å². The van der Waals surface area contributed by atoms with Crippen molar-refractivity contribution in [2.75, 3.05) is 18.1 Å². The molecule has 6 heteroatoms. The van der Waals surface area contributed by atoms with E-state index < -0.39 is 5.97 Å². The topological polar surface area (TPSA) is 72.9 Å². The smallest absolute Gasteiger partial charge is 0.344 e. The lowest BCUT2D eigenvalue weighted by Crippen LogP contribution is -2.39. The second-order valence-corrected chi connectivity index (χ2v) is 6.48. The van der Waals surface area contributed by atoms with E-state index in [9.17, 15) is 14.4 Å². The van der Waals surface area contributed by atoms with Gasteiger partial charge in [0, 0.05) is 17.3 Å². The molecule has 2 aromatic carbocycles. The average Bonchev–Trinajstić information content (AvgIpc) is 3.00. The van der Waals surface area contributed by atoms with Crippen LogP contribution in [0.2, 0.25) is 0 Å². The van der Waals surface area contributed by atoms with Gasteiger partial charge >= 0.3 is 5.97 Å². The summed E-state index contributed by atoms with van der Waals surface area (Å²) in [5.41, 5.74) is 2.55. The lowest BCUT2D eigenvalue weighted by atomic mass is 10.1. The molecule has 3 rings (SSSR count). The van der Waals surface area contributed by atoms with E-state index in [0.717, 1.165) is 17.7 Å². The van der Waals surface area contributed by atoms with Gasteiger partial charge in [0.15, 0.2) is 19.0 Å². The third kappa shape index (κ3) is 4.34. The Balaban J connectivity index is 1.49. The summed E-state index contributed by atoms with van der Waals surface area (Å²) in [6.45, 7) is 2.81. The Kier molecular flexibility index (Phi) is 5.54. The quantitative estimate of drug-likeness (QED) is 0.580. The van der Waals surface area contributed by atoms with Crippen molar-refractivity contribution in [3.05, 3.63) is 59.7 Å². The van der Waals surface area contributed by atoms with E-state index in [2.05, 4.69) is 0 Å². The van der Waals surface area contributed by atoms with Crippen molar-refractivity contribution in [2.24, 2.45) is 0 Å². The number of carbonyl (C=O) groups is 3. The molecule has 0 aliphatic carbocycles. The first-order valence-corrected chi connectivity index (χ1v) is 8.75. The van der Waals surface area contributed by atoms with Crippen LogP contribution >= 0.6 is 0 Å². The van der Waals surface area contributed by atoms with E-state index in [0.29, 0.717) is 11.3 Å². The summed E-state index contributed by atoms with van der Waals surface area (Å²) in [5.74, 6) is -0.478. The Morgan fingerprint density at radius 1 is 1.04 bits per heavy atom. The largest absolute Gasteiger partial charge is 0.482 e. The second kappa shape index (κ2) is 8.03. The summed E-state index contributed by atoms with van der Waals surface area (Å²) in [6.07, 6.45) is 0.787. The molecule has 0 fully saturated rings. The standard InChI is InChI=1S/C21H21NO5/c1-14-11-17-5-3-4-6-19(17)22(14)20(24)12-27-21(25)13-26-18-9-7-16(8-10-18)15(2)23/h3-10,14H,11-13H2,1-2H3/t14-/m1/s1. The molecule has 1 aliphatic rings. The summed E-state index contributed by atoms with van der Waals surface area (Å²) in [4.78, 5) is 37.2. The molecule has 1 heterocycles. The molecule has 0 unspecified atom stereocenters. The highest BCUT2D eigenvalue weighted by atomic mass is 16.6. The van der Waals surface area contributed by atoms with Crippen molar-refractivity contribution in [2.45, 2.75) is 26.3 Å². The van der Waals surface area contributed by atoms with Crippen LogP contribution in [0.15, 0.2) is 48.5 Å². The number of Topliss-reactive ketones (excluding diaryl/α,β-unsaturated/α-hetero) is 1. The van der Waals surface area contributed by atoms with Crippen LogP contribution in [0.25, 0.3) is 0 Å². The monoisotopic (exact) mass is 367 g/mol. The van der Waals surface area contributed by atoms with E-state index in [1.54, 1.807) is 29.2 Å². The van der Waals surface area contributed by atoms with Crippen LogP contribution in [0.3, 0.4) is 0 Å². The van der Waals surface area contributed by atoms with Gasteiger partial charge < -0.3 is 14.4 Å². The van der Waals surface area contributed by atoms with E-state index in [1.807, 2.05) is 31.2 Å². The van der Waals surface area contributed by atoms with Crippen molar-refractivity contribution >= 4 is 23.3 Å². The molecular formula is C21H21NO5. The van der Waals surface area contributed by atoms with Gasteiger partial charge in [-0.1, -0.05) is 18.2 Å². The van der Waals surface area contributed by atoms with Crippen LogP contribution in [0.4, 0.5) is 5.69 Å². The average molecular weight is 367 g/mol. The van der Waals surface area contributed by atoms with Gasteiger partial charge in [0.2, 0.25) is 0 Å². The van der Waals surface area contributed by atoms with Gasteiger partial charge in [0.1, 0.15) is 5.75 Å². The number of rotatable bonds is 6. The molecule has 1 aliphatic heterocycles. The predicted octanol–water partition coefficient (Wildman–Crippen LogP) is 2.79. The number of nitrogens with zero attached hydrogens (tertiary/aromatic N) is 1. The Labute approximate surface area is 157 Å². The number of ketones is 1. The van der Waals surface area contributed by atoms with Crippen molar-refractivity contribution in [1.82, 2.24) is 0 Å². The predicted molar refractivity (Wildman–Crippen MR) is 100.0 cm³/mol. The van der Waals surface area contributed by atoms with Gasteiger partial charge in [-0.05, 0) is 56.2 Å². The zero-order valence-electron chi connectivity index (χ0n) is 15.3. The number of para-hydroxylation sites is 1. The highest BCUT2D eigenvalue weighted by molar-refractivity contribution is 5.97. The van der Waals surface area contributed by atoms with E-state index in [4.69, 9.17) is 9.47 Å². The number of hydrogen-bond donors (Lipinski definition) is 0. The minimum absolute atomic E-state index is 0.0321. The number of hydrogen-bond acceptors (Lipinski definition) is 5. The molecule has 0 saturated heterocycles. The molecule has 1 amide bonds. The minimum atomic E-state index is -0.626. The number of ether oxygens (including phenoxy) is 2. The summed E-state index contributed by atoms with van der Waals surface area (Å²) >= 11 is 0. The molecule has 0 spiro atoms. The number of fused-ring (bicyclic) bond motifs is 1. The van der Waals surface area contributed by atoms with Gasteiger partial charge in [-0.2, -0.15) is 0 Å². The highest BCUT2D eigenvalue weighted by Gasteiger charge is 2.30. The van der Waals surface area contributed by atoms with Crippen molar-refractivity contribution in [1.29, 1.82) is 0 Å². The minimum Gasteiger partial charge on any atom is -0.482 e. The van der Waals surface area contributed by atoms with E-state index in [-0.39, 0.29) is 30.9 Å². The highest BCUT2D eigenvalue weighted by Crippen LogP contribution is 2.31. The molecule has 2 aromatic rings. The summed E-state index contributed by atoms with van der Waals surface area (Å²) in [6, 6.07) is 14.2. The maximum Gasteiger partial charge on any atom is 0.344 e. The summed E-state index contributed by atoms with van der Waals surface area (Å²) < 4.78 is 10.4. The molecule has 6 nitrogen and oxygen atoms in total. The van der Waals surface area contributed by atoms with Crippen molar-refractivity contribution in [3.63, 3.8) is 0 Å². The third-order valence-electron chi connectivity index (χ3n) is 4.45.